The maximum atomic E-state index is 13.8. The lowest BCUT2D eigenvalue weighted by Gasteiger charge is -2.45. The van der Waals surface area contributed by atoms with Crippen molar-refractivity contribution in [3.05, 3.63) is 47.2 Å². The number of hydrogen-bond donors (Lipinski definition) is 2. The number of nitrogens with zero attached hydrogens (tertiary/aromatic N) is 2. The van der Waals surface area contributed by atoms with Gasteiger partial charge in [-0.1, -0.05) is 6.07 Å². The van der Waals surface area contributed by atoms with Crippen LogP contribution < -0.4 is 5.32 Å². The zero-order valence-corrected chi connectivity index (χ0v) is 14.3. The third-order valence-electron chi connectivity index (χ3n) is 5.65. The molecule has 0 amide bonds. The predicted octanol–water partition coefficient (Wildman–Crippen LogP) is 2.33. The largest absolute Gasteiger partial charge is 0.481 e. The van der Waals surface area contributed by atoms with E-state index < -0.39 is 17.6 Å². The average Bonchev–Trinajstić information content (AvgIpc) is 2.56. The van der Waals surface area contributed by atoms with Crippen LogP contribution in [0.1, 0.15) is 24.8 Å². The van der Waals surface area contributed by atoms with E-state index in [0.717, 1.165) is 25.1 Å². The van der Waals surface area contributed by atoms with Crippen molar-refractivity contribution in [2.24, 2.45) is 10.9 Å². The van der Waals surface area contributed by atoms with Crippen molar-refractivity contribution in [1.82, 2.24) is 10.2 Å². The Kier molecular flexibility index (Phi) is 4.48. The number of amidine groups is 1. The predicted molar refractivity (Wildman–Crippen MR) is 92.8 cm³/mol. The Balaban J connectivity index is 1.41. The lowest BCUT2D eigenvalue weighted by molar-refractivity contribution is -0.147. The molecule has 0 aromatic heterocycles. The fourth-order valence-corrected chi connectivity index (χ4v) is 3.96. The normalized spacial score (nSPS) is 28.3. The molecule has 0 spiro atoms. The van der Waals surface area contributed by atoms with Gasteiger partial charge in [0.15, 0.2) is 0 Å². The molecule has 1 unspecified atom stereocenters. The molecule has 4 rings (SSSR count). The summed E-state index contributed by atoms with van der Waals surface area (Å²) >= 11 is 0. The van der Waals surface area contributed by atoms with Crippen LogP contribution in [0, 0.1) is 17.6 Å². The molecule has 1 atom stereocenters. The van der Waals surface area contributed by atoms with Crippen molar-refractivity contribution in [2.45, 2.75) is 37.8 Å². The number of fused-ring (bicyclic) bond motifs is 1. The first-order chi connectivity index (χ1) is 12.5. The van der Waals surface area contributed by atoms with E-state index in [0.29, 0.717) is 24.7 Å². The monoisotopic (exact) mass is 361 g/mol. The highest BCUT2D eigenvalue weighted by atomic mass is 19.1. The van der Waals surface area contributed by atoms with Gasteiger partial charge in [-0.3, -0.25) is 9.69 Å². The summed E-state index contributed by atoms with van der Waals surface area (Å²) in [6.45, 7) is 1.65. The van der Waals surface area contributed by atoms with Crippen LogP contribution in [0.25, 0.3) is 0 Å². The van der Waals surface area contributed by atoms with Crippen LogP contribution in [-0.2, 0) is 11.2 Å². The van der Waals surface area contributed by atoms with E-state index in [2.05, 4.69) is 15.2 Å². The van der Waals surface area contributed by atoms with Gasteiger partial charge in [-0.2, -0.15) is 0 Å². The number of piperidine rings is 1. The van der Waals surface area contributed by atoms with E-state index in [4.69, 9.17) is 5.11 Å². The SMILES string of the molecule is O=C(O)C1CC(N2CCC3NC(Cc4c(F)cccc4F)=NC=C3C2)C1. The number of carboxylic acid groups (broad SMARTS) is 1. The molecule has 0 bridgehead atoms. The van der Waals surface area contributed by atoms with Crippen LogP contribution >= 0.6 is 0 Å². The lowest BCUT2D eigenvalue weighted by atomic mass is 9.78. The van der Waals surface area contributed by atoms with E-state index in [1.807, 2.05) is 0 Å². The van der Waals surface area contributed by atoms with E-state index in [-0.39, 0.29) is 23.9 Å². The van der Waals surface area contributed by atoms with Crippen molar-refractivity contribution < 1.29 is 18.7 Å². The van der Waals surface area contributed by atoms with Crippen LogP contribution in [-0.4, -0.2) is 47.0 Å². The molecule has 0 radical (unpaired) electrons. The van der Waals surface area contributed by atoms with Gasteiger partial charge in [0.25, 0.3) is 0 Å². The molecule has 2 heterocycles. The molecule has 2 aliphatic heterocycles. The quantitative estimate of drug-likeness (QED) is 0.864. The smallest absolute Gasteiger partial charge is 0.306 e. The first-order valence-electron chi connectivity index (χ1n) is 8.93. The molecule has 1 aliphatic carbocycles. The number of carbonyl (C=O) groups is 1. The minimum atomic E-state index is -0.704. The minimum absolute atomic E-state index is 0.0298. The van der Waals surface area contributed by atoms with Crippen LogP contribution in [0.5, 0.6) is 0 Å². The summed E-state index contributed by atoms with van der Waals surface area (Å²) in [5.74, 6) is -1.46. The van der Waals surface area contributed by atoms with E-state index >= 15 is 0 Å². The number of aliphatic carboxylic acids is 1. The van der Waals surface area contributed by atoms with Gasteiger partial charge in [-0.05, 0) is 37.0 Å². The highest BCUT2D eigenvalue weighted by Crippen LogP contribution is 2.34. The second-order valence-electron chi connectivity index (χ2n) is 7.27. The van der Waals surface area contributed by atoms with Crippen molar-refractivity contribution >= 4 is 11.8 Å². The van der Waals surface area contributed by atoms with Gasteiger partial charge in [-0.15, -0.1) is 0 Å². The number of carboxylic acids is 1. The molecular formula is C19H21F2N3O2. The first kappa shape index (κ1) is 17.1. The number of likely N-dealkylation sites (tertiary alicyclic amines) is 1. The van der Waals surface area contributed by atoms with Gasteiger partial charge in [0, 0.05) is 37.3 Å². The Morgan fingerprint density at radius 1 is 1.31 bits per heavy atom. The summed E-state index contributed by atoms with van der Waals surface area (Å²) in [7, 11) is 0. The van der Waals surface area contributed by atoms with E-state index in [9.17, 15) is 13.6 Å². The standard InChI is InChI=1S/C19H21F2N3O2/c20-15-2-1-3-16(21)14(15)8-18-22-9-12-10-24(5-4-17(12)23-18)13-6-11(7-13)19(25)26/h1-3,9,11,13,17H,4-8,10H2,(H,22,23)(H,25,26). The molecule has 1 aromatic rings. The summed E-state index contributed by atoms with van der Waals surface area (Å²) in [5.41, 5.74) is 1.18. The van der Waals surface area contributed by atoms with Gasteiger partial charge >= 0.3 is 5.97 Å². The Hall–Kier alpha value is -2.28. The first-order valence-corrected chi connectivity index (χ1v) is 8.93. The Morgan fingerprint density at radius 3 is 2.73 bits per heavy atom. The molecule has 26 heavy (non-hydrogen) atoms. The van der Waals surface area contributed by atoms with E-state index in [1.165, 1.54) is 18.2 Å². The van der Waals surface area contributed by atoms with Gasteiger partial charge in [0.2, 0.25) is 0 Å². The molecular weight excluding hydrogens is 340 g/mol. The Labute approximate surface area is 150 Å². The maximum absolute atomic E-state index is 13.8. The summed E-state index contributed by atoms with van der Waals surface area (Å²) < 4.78 is 27.7. The average molecular weight is 361 g/mol. The fourth-order valence-electron chi connectivity index (χ4n) is 3.96. The zero-order valence-electron chi connectivity index (χ0n) is 14.3. The summed E-state index contributed by atoms with van der Waals surface area (Å²) in [4.78, 5) is 17.6. The van der Waals surface area contributed by atoms with Gasteiger partial charge < -0.3 is 10.4 Å². The van der Waals surface area contributed by atoms with Crippen LogP contribution in [0.4, 0.5) is 8.78 Å². The number of hydrogen-bond acceptors (Lipinski definition) is 4. The summed E-state index contributed by atoms with van der Waals surface area (Å²) in [5, 5.41) is 12.3. The van der Waals surface area contributed by atoms with Crippen molar-refractivity contribution in [3.63, 3.8) is 0 Å². The molecule has 1 saturated carbocycles. The van der Waals surface area contributed by atoms with Gasteiger partial charge in [-0.25, -0.2) is 13.8 Å². The molecule has 7 heteroatoms. The summed E-state index contributed by atoms with van der Waals surface area (Å²) in [6, 6.07) is 4.32. The van der Waals surface area contributed by atoms with Crippen molar-refractivity contribution in [1.29, 1.82) is 0 Å². The van der Waals surface area contributed by atoms with E-state index in [1.54, 1.807) is 6.20 Å². The highest BCUT2D eigenvalue weighted by molar-refractivity contribution is 5.86. The number of halogens is 2. The van der Waals surface area contributed by atoms with Crippen LogP contribution in [0.3, 0.4) is 0 Å². The third-order valence-corrected chi connectivity index (χ3v) is 5.65. The lowest BCUT2D eigenvalue weighted by Crippen LogP contribution is -2.54. The molecule has 2 N–H and O–H groups in total. The zero-order chi connectivity index (χ0) is 18.3. The van der Waals surface area contributed by atoms with Crippen molar-refractivity contribution in [3.8, 4) is 0 Å². The molecule has 3 aliphatic rings. The number of nitrogens with one attached hydrogen (secondary N) is 1. The minimum Gasteiger partial charge on any atom is -0.481 e. The topological polar surface area (TPSA) is 64.9 Å². The molecule has 1 aromatic carbocycles. The molecule has 2 fully saturated rings. The van der Waals surface area contributed by atoms with Crippen LogP contribution in [0.2, 0.25) is 0 Å². The molecule has 1 saturated heterocycles. The number of aliphatic imine (C=N–C) groups is 1. The Bertz CT molecular complexity index is 767. The third kappa shape index (κ3) is 3.23. The fraction of sp³-hybridized carbons (Fsp3) is 0.474. The van der Waals surface area contributed by atoms with Crippen molar-refractivity contribution in [2.75, 3.05) is 13.1 Å². The summed E-state index contributed by atoms with van der Waals surface area (Å²) in [6.07, 6.45) is 4.20. The number of benzene rings is 1. The van der Waals surface area contributed by atoms with Crippen LogP contribution in [0.15, 0.2) is 35.0 Å². The highest BCUT2D eigenvalue weighted by Gasteiger charge is 2.40. The van der Waals surface area contributed by atoms with Gasteiger partial charge in [0.1, 0.15) is 17.5 Å². The molecule has 138 valence electrons. The van der Waals surface area contributed by atoms with Gasteiger partial charge in [0.05, 0.1) is 12.0 Å². The Morgan fingerprint density at radius 2 is 2.04 bits per heavy atom. The maximum Gasteiger partial charge on any atom is 0.306 e. The molecule has 5 nitrogen and oxygen atoms in total. The second kappa shape index (κ2) is 6.79. The number of rotatable bonds is 4. The second-order valence-corrected chi connectivity index (χ2v) is 7.27.